The van der Waals surface area contributed by atoms with Gasteiger partial charge in [0.2, 0.25) is 17.6 Å². The number of hydrogen-bond donors (Lipinski definition) is 1. The summed E-state index contributed by atoms with van der Waals surface area (Å²) < 4.78 is 19.1. The Morgan fingerprint density at radius 1 is 1.12 bits per heavy atom. The number of carbonyl (C=O) groups is 1. The highest BCUT2D eigenvalue weighted by atomic mass is 127. The van der Waals surface area contributed by atoms with E-state index in [1.54, 1.807) is 0 Å². The van der Waals surface area contributed by atoms with E-state index >= 15 is 0 Å². The van der Waals surface area contributed by atoms with Crippen molar-refractivity contribution < 1.29 is 13.7 Å². The first kappa shape index (κ1) is 16.6. The van der Waals surface area contributed by atoms with Crippen LogP contribution in [0.3, 0.4) is 0 Å². The molecule has 3 aromatic rings. The normalized spacial score (nSPS) is 10.6. The first-order valence-electron chi connectivity index (χ1n) is 7.24. The number of nitrogens with zero attached hydrogens (tertiary/aromatic N) is 2. The van der Waals surface area contributed by atoms with E-state index < -0.39 is 0 Å². The van der Waals surface area contributed by atoms with Crippen molar-refractivity contribution in [1.82, 2.24) is 10.1 Å². The molecule has 0 radical (unpaired) electrons. The number of benzene rings is 2. The second-order valence-electron chi connectivity index (χ2n) is 5.07. The van der Waals surface area contributed by atoms with Crippen molar-refractivity contribution in [1.29, 1.82) is 0 Å². The lowest BCUT2D eigenvalue weighted by Gasteiger charge is -2.03. The van der Waals surface area contributed by atoms with Crippen LogP contribution in [0, 0.1) is 9.39 Å². The van der Waals surface area contributed by atoms with E-state index in [0.717, 1.165) is 9.13 Å². The number of anilines is 1. The van der Waals surface area contributed by atoms with Crippen molar-refractivity contribution in [2.45, 2.75) is 12.8 Å². The van der Waals surface area contributed by atoms with Crippen molar-refractivity contribution >= 4 is 34.2 Å². The third kappa shape index (κ3) is 4.38. The minimum atomic E-state index is -0.345. The van der Waals surface area contributed by atoms with Crippen molar-refractivity contribution in [2.24, 2.45) is 0 Å². The number of carbonyl (C=O) groups excluding carboxylic acids is 1. The Bertz CT molecular complexity index is 832. The Morgan fingerprint density at radius 3 is 2.54 bits per heavy atom. The van der Waals surface area contributed by atoms with E-state index in [-0.39, 0.29) is 18.1 Å². The van der Waals surface area contributed by atoms with Crippen molar-refractivity contribution in [3.63, 3.8) is 0 Å². The Labute approximate surface area is 151 Å². The van der Waals surface area contributed by atoms with Crippen LogP contribution in [0.2, 0.25) is 0 Å². The van der Waals surface area contributed by atoms with Gasteiger partial charge in [0.15, 0.2) is 0 Å². The van der Waals surface area contributed by atoms with Crippen LogP contribution in [-0.4, -0.2) is 16.0 Å². The topological polar surface area (TPSA) is 68.0 Å². The maximum atomic E-state index is 12.8. The lowest BCUT2D eigenvalue weighted by Crippen LogP contribution is -2.12. The van der Waals surface area contributed by atoms with Gasteiger partial charge in [-0.3, -0.25) is 4.79 Å². The maximum Gasteiger partial charge on any atom is 0.227 e. The average molecular weight is 437 g/mol. The molecular weight excluding hydrogens is 424 g/mol. The van der Waals surface area contributed by atoms with Gasteiger partial charge in [-0.2, -0.15) is 4.98 Å². The summed E-state index contributed by atoms with van der Waals surface area (Å²) in [5, 5.41) is 6.61. The molecule has 1 heterocycles. The molecule has 3 rings (SSSR count). The van der Waals surface area contributed by atoms with Gasteiger partial charge in [-0.1, -0.05) is 17.3 Å². The van der Waals surface area contributed by atoms with Gasteiger partial charge in [-0.15, -0.1) is 0 Å². The zero-order valence-electron chi connectivity index (χ0n) is 12.5. The largest absolute Gasteiger partial charge is 0.339 e. The van der Waals surface area contributed by atoms with Gasteiger partial charge in [0.05, 0.1) is 0 Å². The first-order valence-corrected chi connectivity index (χ1v) is 8.32. The summed E-state index contributed by atoms with van der Waals surface area (Å²) in [5.74, 6) is 0.357. The number of amides is 1. The first-order chi connectivity index (χ1) is 11.6. The quantitative estimate of drug-likeness (QED) is 0.612. The Hall–Kier alpha value is -2.29. The molecule has 0 aliphatic heterocycles. The molecule has 122 valence electrons. The van der Waals surface area contributed by atoms with E-state index in [1.165, 1.54) is 24.3 Å². The fourth-order valence-electron chi connectivity index (χ4n) is 2.05. The van der Waals surface area contributed by atoms with Crippen LogP contribution in [0.15, 0.2) is 53.1 Å². The molecule has 24 heavy (non-hydrogen) atoms. The minimum Gasteiger partial charge on any atom is -0.339 e. The second-order valence-corrected chi connectivity index (χ2v) is 6.32. The molecule has 0 unspecified atom stereocenters. The summed E-state index contributed by atoms with van der Waals surface area (Å²) in [4.78, 5) is 16.2. The van der Waals surface area contributed by atoms with E-state index in [9.17, 15) is 9.18 Å². The lowest BCUT2D eigenvalue weighted by molar-refractivity contribution is -0.116. The van der Waals surface area contributed by atoms with E-state index in [2.05, 4.69) is 38.0 Å². The van der Waals surface area contributed by atoms with E-state index in [0.29, 0.717) is 23.8 Å². The fraction of sp³-hybridized carbons (Fsp3) is 0.118. The summed E-state index contributed by atoms with van der Waals surface area (Å²) in [5.41, 5.74) is 1.41. The molecule has 1 N–H and O–H groups in total. The molecule has 2 aromatic carbocycles. The Kier molecular flexibility index (Phi) is 5.19. The van der Waals surface area contributed by atoms with Crippen molar-refractivity contribution in [2.75, 3.05) is 5.32 Å². The van der Waals surface area contributed by atoms with Gasteiger partial charge >= 0.3 is 0 Å². The Morgan fingerprint density at radius 2 is 1.83 bits per heavy atom. The smallest absolute Gasteiger partial charge is 0.227 e. The zero-order valence-corrected chi connectivity index (χ0v) is 14.7. The molecule has 0 spiro atoms. The van der Waals surface area contributed by atoms with Crippen LogP contribution < -0.4 is 5.32 Å². The summed E-state index contributed by atoms with van der Waals surface area (Å²) in [6, 6.07) is 13.4. The molecule has 7 heteroatoms. The lowest BCUT2D eigenvalue weighted by atomic mass is 10.2. The van der Waals surface area contributed by atoms with Crippen LogP contribution in [0.25, 0.3) is 11.4 Å². The summed E-state index contributed by atoms with van der Waals surface area (Å²) in [6.07, 6.45) is 0.538. The van der Waals surface area contributed by atoms with Crippen LogP contribution in [0.5, 0.6) is 0 Å². The van der Waals surface area contributed by atoms with Gasteiger partial charge in [-0.25, -0.2) is 4.39 Å². The van der Waals surface area contributed by atoms with Gasteiger partial charge in [0.1, 0.15) is 5.82 Å². The van der Waals surface area contributed by atoms with Gasteiger partial charge in [0.25, 0.3) is 0 Å². The molecule has 5 nitrogen and oxygen atoms in total. The van der Waals surface area contributed by atoms with Crippen molar-refractivity contribution in [3.8, 4) is 11.4 Å². The highest BCUT2D eigenvalue weighted by Gasteiger charge is 2.11. The number of aryl methyl sites for hydroxylation is 1. The molecule has 0 saturated heterocycles. The molecule has 0 bridgehead atoms. The molecule has 1 amide bonds. The maximum absolute atomic E-state index is 12.8. The molecule has 0 atom stereocenters. The number of hydrogen-bond acceptors (Lipinski definition) is 4. The van der Waals surface area contributed by atoms with Crippen LogP contribution in [-0.2, 0) is 11.2 Å². The monoisotopic (exact) mass is 437 g/mol. The highest BCUT2D eigenvalue weighted by Crippen LogP contribution is 2.18. The standard InChI is InChI=1S/C17H13FIN3O2/c18-12-3-7-14(8-4-12)20-15(23)9-10-16-21-17(22-24-16)11-1-5-13(19)6-2-11/h1-8H,9-10H2,(H,20,23). The van der Waals surface area contributed by atoms with Crippen LogP contribution in [0.1, 0.15) is 12.3 Å². The average Bonchev–Trinajstić information content (AvgIpc) is 3.05. The molecule has 0 fully saturated rings. The van der Waals surface area contributed by atoms with Crippen LogP contribution in [0.4, 0.5) is 10.1 Å². The SMILES string of the molecule is O=C(CCc1nc(-c2ccc(I)cc2)no1)Nc1ccc(F)cc1. The van der Waals surface area contributed by atoms with Crippen LogP contribution >= 0.6 is 22.6 Å². The molecule has 0 aliphatic rings. The third-order valence-electron chi connectivity index (χ3n) is 3.26. The molecule has 0 saturated carbocycles. The predicted molar refractivity (Wildman–Crippen MR) is 95.8 cm³/mol. The fourth-order valence-corrected chi connectivity index (χ4v) is 2.41. The Balaban J connectivity index is 1.56. The predicted octanol–water partition coefficient (Wildman–Crippen LogP) is 4.05. The van der Waals surface area contributed by atoms with Gasteiger partial charge in [0, 0.05) is 27.7 Å². The van der Waals surface area contributed by atoms with Crippen molar-refractivity contribution in [3.05, 3.63) is 63.8 Å². The summed E-state index contributed by atoms with van der Waals surface area (Å²) in [7, 11) is 0. The second kappa shape index (κ2) is 7.52. The molecule has 1 aromatic heterocycles. The number of aromatic nitrogens is 2. The third-order valence-corrected chi connectivity index (χ3v) is 3.98. The van der Waals surface area contributed by atoms with E-state index in [1.807, 2.05) is 24.3 Å². The van der Waals surface area contributed by atoms with Gasteiger partial charge in [-0.05, 0) is 59.0 Å². The highest BCUT2D eigenvalue weighted by molar-refractivity contribution is 14.1. The number of nitrogens with one attached hydrogen (secondary N) is 1. The van der Waals surface area contributed by atoms with Gasteiger partial charge < -0.3 is 9.84 Å². The number of halogens is 2. The molecular formula is C17H13FIN3O2. The summed E-state index contributed by atoms with van der Waals surface area (Å²) >= 11 is 2.22. The molecule has 0 aliphatic carbocycles. The van der Waals surface area contributed by atoms with E-state index in [4.69, 9.17) is 4.52 Å². The summed E-state index contributed by atoms with van der Waals surface area (Å²) in [6.45, 7) is 0. The minimum absolute atomic E-state index is 0.198. The number of rotatable bonds is 5. The zero-order chi connectivity index (χ0) is 16.9.